The normalized spacial score (nSPS) is 10.4. The number of aliphatic imine (C=N–C) groups is 1. The van der Waals surface area contributed by atoms with Crippen LogP contribution in [0.3, 0.4) is 0 Å². The quantitative estimate of drug-likeness (QED) is 0.366. The second kappa shape index (κ2) is 3.62. The first-order valence-electron chi connectivity index (χ1n) is 3.05. The summed E-state index contributed by atoms with van der Waals surface area (Å²) < 4.78 is 0. The van der Waals surface area contributed by atoms with E-state index in [1.165, 1.54) is 0 Å². The second-order valence-corrected chi connectivity index (χ2v) is 1.89. The van der Waals surface area contributed by atoms with Crippen molar-refractivity contribution in [1.82, 2.24) is 15.4 Å². The van der Waals surface area contributed by atoms with E-state index in [2.05, 4.69) is 15.0 Å². The molecule has 0 aliphatic rings. The van der Waals surface area contributed by atoms with Crippen molar-refractivity contribution in [2.24, 2.45) is 4.99 Å². The van der Waals surface area contributed by atoms with Gasteiger partial charge in [0.15, 0.2) is 0 Å². The molecule has 0 fully saturated rings. The number of aryl methyl sites for hydroxylation is 1. The molecule has 11 heavy (non-hydrogen) atoms. The maximum Gasteiger partial charge on any atom is 0.250 e. The minimum absolute atomic E-state index is 0.326. The molecule has 0 saturated heterocycles. The fourth-order valence-corrected chi connectivity index (χ4v) is 0.584. The lowest BCUT2D eigenvalue weighted by Gasteiger charge is -1.91. The maximum atomic E-state index is 8.14. The number of hydrogen-bond acceptors (Lipinski definition) is 4. The molecule has 0 bridgehead atoms. The van der Waals surface area contributed by atoms with Gasteiger partial charge in [-0.05, 0) is 13.0 Å². The molecule has 0 unspecified atom stereocenters. The lowest BCUT2D eigenvalue weighted by molar-refractivity contribution is 0.240. The zero-order valence-corrected chi connectivity index (χ0v) is 6.02. The van der Waals surface area contributed by atoms with E-state index in [0.717, 1.165) is 12.0 Å². The Hall–Kier alpha value is -1.49. The van der Waals surface area contributed by atoms with E-state index in [9.17, 15) is 0 Å². The van der Waals surface area contributed by atoms with Gasteiger partial charge in [0, 0.05) is 11.9 Å². The fraction of sp³-hybridized carbons (Fsp3) is 0.167. The smallest absolute Gasteiger partial charge is 0.250 e. The highest BCUT2D eigenvalue weighted by atomic mass is 16.5. The Balaban J connectivity index is 2.79. The van der Waals surface area contributed by atoms with Crippen molar-refractivity contribution in [1.29, 1.82) is 0 Å². The summed E-state index contributed by atoms with van der Waals surface area (Å²) in [7, 11) is 0. The molecule has 2 N–H and O–H groups in total. The molecule has 0 aromatic carbocycles. The van der Waals surface area contributed by atoms with Crippen molar-refractivity contribution >= 4 is 12.3 Å². The van der Waals surface area contributed by atoms with Crippen molar-refractivity contribution in [3.8, 4) is 0 Å². The molecule has 1 aromatic heterocycles. The predicted octanol–water partition coefficient (Wildman–Crippen LogP) is 0.424. The van der Waals surface area contributed by atoms with E-state index in [1.807, 2.05) is 6.92 Å². The Morgan fingerprint density at radius 2 is 2.55 bits per heavy atom. The van der Waals surface area contributed by atoms with Gasteiger partial charge in [-0.15, -0.1) is 0 Å². The molecular weight excluding hydrogens is 144 g/mol. The number of nitrogens with one attached hydrogen (secondary N) is 1. The molecule has 0 amide bonds. The lowest BCUT2D eigenvalue weighted by atomic mass is 10.5. The Kier molecular flexibility index (Phi) is 2.51. The van der Waals surface area contributed by atoms with Crippen molar-refractivity contribution in [2.45, 2.75) is 6.92 Å². The van der Waals surface area contributed by atoms with Gasteiger partial charge in [0.2, 0.25) is 0 Å². The summed E-state index contributed by atoms with van der Waals surface area (Å²) >= 11 is 0. The molecular formula is C6H8N4O. The number of hydrogen-bond donors (Lipinski definition) is 2. The molecule has 0 aliphatic carbocycles. The predicted molar refractivity (Wildman–Crippen MR) is 39.8 cm³/mol. The summed E-state index contributed by atoms with van der Waals surface area (Å²) in [5.74, 6) is 0.326. The third-order valence-electron chi connectivity index (χ3n) is 1.02. The third kappa shape index (κ3) is 2.30. The monoisotopic (exact) mass is 152 g/mol. The van der Waals surface area contributed by atoms with Gasteiger partial charge in [-0.3, -0.25) is 10.7 Å². The first-order valence-corrected chi connectivity index (χ1v) is 3.05. The van der Waals surface area contributed by atoms with Crippen LogP contribution < -0.4 is 5.48 Å². The van der Waals surface area contributed by atoms with E-state index in [-0.39, 0.29) is 0 Å². The minimum atomic E-state index is 0.326. The number of nitrogens with zero attached hydrogens (tertiary/aromatic N) is 3. The summed E-state index contributed by atoms with van der Waals surface area (Å²) in [5.41, 5.74) is 2.60. The van der Waals surface area contributed by atoms with Crippen LogP contribution in [0.1, 0.15) is 5.69 Å². The molecule has 0 aliphatic heterocycles. The van der Waals surface area contributed by atoms with Gasteiger partial charge in [0.05, 0.1) is 0 Å². The average Bonchev–Trinajstić information content (AvgIpc) is 2.01. The van der Waals surface area contributed by atoms with Gasteiger partial charge < -0.3 is 0 Å². The van der Waals surface area contributed by atoms with Gasteiger partial charge in [0.25, 0.3) is 5.95 Å². The van der Waals surface area contributed by atoms with Crippen molar-refractivity contribution < 1.29 is 5.21 Å². The standard InChI is InChI=1S/C6H8N4O/c1-5-2-3-7-6(10-5)8-4-9-11/h2-4,11H,1H3,(H,7,8,9,10). The second-order valence-electron chi connectivity index (χ2n) is 1.89. The maximum absolute atomic E-state index is 8.14. The van der Waals surface area contributed by atoms with Gasteiger partial charge >= 0.3 is 0 Å². The fourth-order valence-electron chi connectivity index (χ4n) is 0.584. The molecule has 0 spiro atoms. The van der Waals surface area contributed by atoms with E-state index in [4.69, 9.17) is 5.21 Å². The Morgan fingerprint density at radius 1 is 1.73 bits per heavy atom. The number of hydroxylamine groups is 1. The molecule has 1 rings (SSSR count). The van der Waals surface area contributed by atoms with E-state index >= 15 is 0 Å². The van der Waals surface area contributed by atoms with Crippen LogP contribution in [0, 0.1) is 6.92 Å². The summed E-state index contributed by atoms with van der Waals surface area (Å²) in [6.45, 7) is 1.84. The van der Waals surface area contributed by atoms with Gasteiger partial charge in [-0.2, -0.15) is 4.99 Å². The Labute approximate surface area is 63.8 Å². The highest BCUT2D eigenvalue weighted by Crippen LogP contribution is 2.00. The molecule has 0 atom stereocenters. The molecule has 1 aromatic rings. The summed E-state index contributed by atoms with van der Waals surface area (Å²) in [6.07, 6.45) is 2.71. The van der Waals surface area contributed by atoms with Crippen molar-refractivity contribution in [2.75, 3.05) is 0 Å². The van der Waals surface area contributed by atoms with E-state index in [0.29, 0.717) is 5.95 Å². The number of aromatic nitrogens is 2. The van der Waals surface area contributed by atoms with Gasteiger partial charge in [0.1, 0.15) is 6.34 Å². The van der Waals surface area contributed by atoms with Crippen LogP contribution in [0.5, 0.6) is 0 Å². The third-order valence-corrected chi connectivity index (χ3v) is 1.02. The molecule has 1 heterocycles. The summed E-state index contributed by atoms with van der Waals surface area (Å²) in [4.78, 5) is 11.4. The van der Waals surface area contributed by atoms with Crippen LogP contribution in [-0.4, -0.2) is 21.5 Å². The molecule has 5 heteroatoms. The summed E-state index contributed by atoms with van der Waals surface area (Å²) in [5, 5.41) is 8.14. The van der Waals surface area contributed by atoms with Crippen LogP contribution in [0.2, 0.25) is 0 Å². The minimum Gasteiger partial charge on any atom is -0.290 e. The Morgan fingerprint density at radius 3 is 3.18 bits per heavy atom. The van der Waals surface area contributed by atoms with Crippen LogP contribution in [0.15, 0.2) is 17.3 Å². The molecule has 5 nitrogen and oxygen atoms in total. The van der Waals surface area contributed by atoms with Gasteiger partial charge in [-0.1, -0.05) is 0 Å². The van der Waals surface area contributed by atoms with E-state index in [1.54, 1.807) is 17.7 Å². The van der Waals surface area contributed by atoms with Crippen molar-refractivity contribution in [3.05, 3.63) is 18.0 Å². The SMILES string of the molecule is Cc1ccnc(/N=C/NO)n1. The van der Waals surface area contributed by atoms with Crippen LogP contribution >= 0.6 is 0 Å². The zero-order chi connectivity index (χ0) is 8.10. The number of rotatable bonds is 2. The van der Waals surface area contributed by atoms with Crippen molar-refractivity contribution in [3.63, 3.8) is 0 Å². The Bertz CT molecular complexity index is 261. The van der Waals surface area contributed by atoms with E-state index < -0.39 is 0 Å². The molecule has 0 saturated carbocycles. The van der Waals surface area contributed by atoms with Crippen LogP contribution in [-0.2, 0) is 0 Å². The topological polar surface area (TPSA) is 70.4 Å². The lowest BCUT2D eigenvalue weighted by Crippen LogP contribution is -2.01. The largest absolute Gasteiger partial charge is 0.290 e. The molecule has 58 valence electrons. The zero-order valence-electron chi connectivity index (χ0n) is 6.02. The highest BCUT2D eigenvalue weighted by Gasteiger charge is 1.89. The van der Waals surface area contributed by atoms with Gasteiger partial charge in [-0.25, -0.2) is 9.97 Å². The first kappa shape index (κ1) is 7.62. The highest BCUT2D eigenvalue weighted by molar-refractivity contribution is 5.56. The molecule has 0 radical (unpaired) electrons. The van der Waals surface area contributed by atoms with Crippen LogP contribution in [0.25, 0.3) is 0 Å². The van der Waals surface area contributed by atoms with Crippen LogP contribution in [0.4, 0.5) is 5.95 Å². The average molecular weight is 152 g/mol. The first-order chi connectivity index (χ1) is 5.33. The summed E-state index contributed by atoms with van der Waals surface area (Å²) in [6, 6.07) is 1.77.